The number of likely N-dealkylation sites (tertiary alicyclic amines) is 1. The van der Waals surface area contributed by atoms with Crippen molar-refractivity contribution in [2.45, 2.75) is 44.7 Å². The second kappa shape index (κ2) is 10.2. The molecule has 2 aliphatic heterocycles. The van der Waals surface area contributed by atoms with Crippen LogP contribution in [-0.2, 0) is 18.4 Å². The van der Waals surface area contributed by atoms with E-state index in [0.717, 1.165) is 11.5 Å². The molecule has 0 saturated carbocycles. The van der Waals surface area contributed by atoms with Crippen LogP contribution >= 0.6 is 0 Å². The Bertz CT molecular complexity index is 1650. The van der Waals surface area contributed by atoms with E-state index < -0.39 is 12.5 Å². The number of pyridine rings is 1. The van der Waals surface area contributed by atoms with Crippen molar-refractivity contribution in [1.29, 1.82) is 0 Å². The molecule has 0 unspecified atom stereocenters. The molecule has 3 amide bonds. The van der Waals surface area contributed by atoms with Gasteiger partial charge < -0.3 is 19.7 Å². The number of likely N-dealkylation sites (N-methyl/N-ethyl adjacent to an activating group) is 1. The van der Waals surface area contributed by atoms with Gasteiger partial charge in [0.05, 0.1) is 35.3 Å². The topological polar surface area (TPSA) is 101 Å². The summed E-state index contributed by atoms with van der Waals surface area (Å²) < 4.78 is 32.4. The molecule has 0 bridgehead atoms. The number of carbonyl (C=O) groups is 2. The van der Waals surface area contributed by atoms with Crippen molar-refractivity contribution in [1.82, 2.24) is 39.4 Å². The second-order valence-electron chi connectivity index (χ2n) is 10.8. The Labute approximate surface area is 236 Å². The van der Waals surface area contributed by atoms with Gasteiger partial charge in [0.15, 0.2) is 0 Å². The summed E-state index contributed by atoms with van der Waals surface area (Å²) in [4.78, 5) is 38.5. The van der Waals surface area contributed by atoms with Gasteiger partial charge in [-0.25, -0.2) is 23.5 Å². The van der Waals surface area contributed by atoms with Gasteiger partial charge in [-0.3, -0.25) is 9.48 Å². The van der Waals surface area contributed by atoms with Crippen LogP contribution in [0.3, 0.4) is 0 Å². The Kier molecular flexibility index (Phi) is 6.71. The van der Waals surface area contributed by atoms with Crippen LogP contribution in [0.15, 0.2) is 36.7 Å². The van der Waals surface area contributed by atoms with Gasteiger partial charge in [0, 0.05) is 68.4 Å². The number of carbonyl (C=O) groups excluding carboxylic acids is 2. The van der Waals surface area contributed by atoms with Crippen molar-refractivity contribution in [2.24, 2.45) is 7.05 Å². The molecule has 4 aromatic rings. The minimum atomic E-state index is -2.74. The number of urea groups is 1. The summed E-state index contributed by atoms with van der Waals surface area (Å²) in [7, 11) is 5.11. The maximum Gasteiger partial charge on any atom is 0.317 e. The van der Waals surface area contributed by atoms with Crippen molar-refractivity contribution >= 4 is 22.8 Å². The van der Waals surface area contributed by atoms with Gasteiger partial charge >= 0.3 is 6.03 Å². The summed E-state index contributed by atoms with van der Waals surface area (Å²) in [5.41, 5.74) is 3.35. The molecule has 10 nitrogen and oxygen atoms in total. The molecule has 1 atom stereocenters. The highest BCUT2D eigenvalue weighted by atomic mass is 19.3. The predicted octanol–water partition coefficient (Wildman–Crippen LogP) is 4.49. The molecular weight excluding hydrogens is 530 g/mol. The van der Waals surface area contributed by atoms with E-state index in [4.69, 9.17) is 4.98 Å². The van der Waals surface area contributed by atoms with Crippen LogP contribution in [0, 0.1) is 0 Å². The maximum atomic E-state index is 14.4. The van der Waals surface area contributed by atoms with Gasteiger partial charge in [-0.1, -0.05) is 12.1 Å². The van der Waals surface area contributed by atoms with Gasteiger partial charge in [-0.05, 0) is 31.9 Å². The van der Waals surface area contributed by atoms with Gasteiger partial charge in [-0.2, -0.15) is 5.10 Å². The summed E-state index contributed by atoms with van der Waals surface area (Å²) in [6, 6.07) is 6.49. The van der Waals surface area contributed by atoms with Gasteiger partial charge in [-0.15, -0.1) is 0 Å². The van der Waals surface area contributed by atoms with Crippen molar-refractivity contribution in [3.8, 4) is 22.5 Å². The number of alkyl halides is 2. The lowest BCUT2D eigenvalue weighted by molar-refractivity contribution is -0.135. The molecule has 1 aromatic carbocycles. The van der Waals surface area contributed by atoms with E-state index in [1.807, 2.05) is 29.7 Å². The zero-order valence-corrected chi connectivity index (χ0v) is 23.4. The lowest BCUT2D eigenvalue weighted by Crippen LogP contribution is -2.43. The third kappa shape index (κ3) is 4.51. The number of nitrogens with one attached hydrogen (secondary N) is 1. The number of aromatic nitrogens is 5. The standard InChI is InChI=1S/C29H32F2N8O2/c1-16-28(40)36(3)15-23-25(35-27(39(16)23)17-8-10-38(11-9-17)29(41)32-2)19-6-5-7-22-20(19)12-21(26(30)31)24(34-22)18-13-33-37(4)14-18/h5-7,12-14,16-17,26H,8-11,15H2,1-4H3,(H,32,41)/t16-/m0/s1. The van der Waals surface area contributed by atoms with E-state index in [9.17, 15) is 18.4 Å². The first-order valence-corrected chi connectivity index (χ1v) is 13.7. The highest BCUT2D eigenvalue weighted by Crippen LogP contribution is 2.41. The van der Waals surface area contributed by atoms with E-state index in [0.29, 0.717) is 60.2 Å². The predicted molar refractivity (Wildman–Crippen MR) is 149 cm³/mol. The average molecular weight is 563 g/mol. The number of imidazole rings is 1. The number of aryl methyl sites for hydroxylation is 1. The quantitative estimate of drug-likeness (QED) is 0.395. The van der Waals surface area contributed by atoms with Gasteiger partial charge in [0.25, 0.3) is 6.43 Å². The molecule has 214 valence electrons. The number of hydrogen-bond donors (Lipinski definition) is 1. The normalized spacial score (nSPS) is 17.9. The molecule has 1 saturated heterocycles. The lowest BCUT2D eigenvalue weighted by Gasteiger charge is -2.35. The van der Waals surface area contributed by atoms with Crippen LogP contribution in [0.5, 0.6) is 0 Å². The first-order chi connectivity index (χ1) is 19.7. The van der Waals surface area contributed by atoms with Crippen LogP contribution in [0.25, 0.3) is 33.4 Å². The number of hydrogen-bond acceptors (Lipinski definition) is 5. The molecule has 1 fully saturated rings. The molecule has 1 N–H and O–H groups in total. The Morgan fingerprint density at radius 2 is 1.88 bits per heavy atom. The summed E-state index contributed by atoms with van der Waals surface area (Å²) in [5, 5.41) is 7.39. The fourth-order valence-electron chi connectivity index (χ4n) is 6.16. The first-order valence-electron chi connectivity index (χ1n) is 13.7. The maximum absolute atomic E-state index is 14.4. The molecule has 12 heteroatoms. The number of halogens is 2. The Morgan fingerprint density at radius 1 is 1.12 bits per heavy atom. The smallest absolute Gasteiger partial charge is 0.317 e. The van der Waals surface area contributed by atoms with E-state index >= 15 is 0 Å². The highest BCUT2D eigenvalue weighted by Gasteiger charge is 2.37. The number of nitrogens with zero attached hydrogens (tertiary/aromatic N) is 7. The molecule has 0 radical (unpaired) electrons. The fraction of sp³-hybridized carbons (Fsp3) is 0.414. The van der Waals surface area contributed by atoms with Crippen LogP contribution in [-0.4, -0.2) is 73.2 Å². The average Bonchev–Trinajstić information content (AvgIpc) is 3.58. The summed E-state index contributed by atoms with van der Waals surface area (Å²) in [5.74, 6) is 0.835. The van der Waals surface area contributed by atoms with Crippen molar-refractivity contribution in [3.05, 3.63) is 53.7 Å². The molecule has 6 rings (SSSR count). The zero-order valence-electron chi connectivity index (χ0n) is 23.4. The monoisotopic (exact) mass is 562 g/mol. The summed E-state index contributed by atoms with van der Waals surface area (Å²) in [6.45, 7) is 3.38. The first kappa shape index (κ1) is 26.9. The van der Waals surface area contributed by atoms with E-state index in [-0.39, 0.29) is 29.1 Å². The van der Waals surface area contributed by atoms with E-state index in [1.165, 1.54) is 12.3 Å². The number of benzene rings is 1. The Balaban J connectivity index is 1.50. The van der Waals surface area contributed by atoms with E-state index in [2.05, 4.69) is 15.4 Å². The molecular formula is C29H32F2N8O2. The molecule has 2 aliphatic rings. The highest BCUT2D eigenvalue weighted by molar-refractivity contribution is 5.96. The van der Waals surface area contributed by atoms with Gasteiger partial charge in [0.1, 0.15) is 11.9 Å². The van der Waals surface area contributed by atoms with Crippen LogP contribution < -0.4 is 5.32 Å². The second-order valence-corrected chi connectivity index (χ2v) is 10.8. The minimum absolute atomic E-state index is 0.00816. The van der Waals surface area contributed by atoms with Crippen molar-refractivity contribution in [2.75, 3.05) is 27.2 Å². The zero-order chi connectivity index (χ0) is 29.0. The van der Waals surface area contributed by atoms with Crippen LogP contribution in [0.2, 0.25) is 0 Å². The van der Waals surface area contributed by atoms with Crippen molar-refractivity contribution in [3.63, 3.8) is 0 Å². The van der Waals surface area contributed by atoms with Crippen molar-refractivity contribution < 1.29 is 18.4 Å². The molecule has 41 heavy (non-hydrogen) atoms. The third-order valence-electron chi connectivity index (χ3n) is 8.26. The summed E-state index contributed by atoms with van der Waals surface area (Å²) >= 11 is 0. The Hall–Kier alpha value is -4.35. The number of rotatable bonds is 4. The number of amides is 3. The molecule has 3 aromatic heterocycles. The SMILES string of the molecule is CNC(=O)N1CCC(c2nc(-c3cccc4nc(-c5cnn(C)c5)c(C(F)F)cc34)c3n2[C@@H](C)C(=O)N(C)C3)CC1. The van der Waals surface area contributed by atoms with E-state index in [1.54, 1.807) is 41.8 Å². The fourth-order valence-corrected chi connectivity index (χ4v) is 6.16. The number of piperidine rings is 1. The summed E-state index contributed by atoms with van der Waals surface area (Å²) in [6.07, 6.45) is 1.88. The molecule has 0 aliphatic carbocycles. The minimum Gasteiger partial charge on any atom is -0.341 e. The molecule has 0 spiro atoms. The lowest BCUT2D eigenvalue weighted by atomic mass is 9.95. The van der Waals surface area contributed by atoms with Crippen LogP contribution in [0.4, 0.5) is 13.6 Å². The third-order valence-corrected chi connectivity index (χ3v) is 8.26. The van der Waals surface area contributed by atoms with Crippen LogP contribution in [0.1, 0.15) is 55.2 Å². The Morgan fingerprint density at radius 3 is 2.54 bits per heavy atom. The largest absolute Gasteiger partial charge is 0.341 e. The molecule has 5 heterocycles. The van der Waals surface area contributed by atoms with Gasteiger partial charge in [0.2, 0.25) is 5.91 Å². The number of fused-ring (bicyclic) bond motifs is 2.